The fraction of sp³-hybridized carbons (Fsp3) is 0.667. The Morgan fingerprint density at radius 2 is 2.10 bits per heavy atom. The molecule has 0 unspecified atom stereocenters. The fourth-order valence-corrected chi connectivity index (χ4v) is 3.27. The first-order valence-corrected chi connectivity index (χ1v) is 8.23. The molecule has 8 heteroatoms. The second-order valence-corrected chi connectivity index (χ2v) is 6.84. The predicted octanol–water partition coefficient (Wildman–Crippen LogP) is 0.147. The number of nitrogens with one attached hydrogen (secondary N) is 2. The molecule has 1 heterocycles. The topological polar surface area (TPSA) is 93.1 Å². The molecular weight excluding hydrogens is 280 g/mol. The van der Waals surface area contributed by atoms with Crippen LogP contribution in [0.25, 0.3) is 0 Å². The number of sulfonamides is 1. The molecule has 1 aliphatic rings. The summed E-state index contributed by atoms with van der Waals surface area (Å²) in [5, 5.41) is 6.66. The number of aryl methyl sites for hydroxylation is 1. The third-order valence-corrected chi connectivity index (χ3v) is 4.74. The number of amides is 1. The Hall–Kier alpha value is -1.41. The molecule has 1 aromatic heterocycles. The van der Waals surface area contributed by atoms with Crippen molar-refractivity contribution >= 4 is 15.9 Å². The summed E-state index contributed by atoms with van der Waals surface area (Å²) in [5.74, 6) is -0.288. The quantitative estimate of drug-likeness (QED) is 0.809. The number of nitrogens with zero attached hydrogens (tertiary/aromatic N) is 2. The highest BCUT2D eigenvalue weighted by Crippen LogP contribution is 2.17. The molecule has 1 saturated carbocycles. The molecule has 1 aromatic rings. The molecule has 1 fully saturated rings. The van der Waals surface area contributed by atoms with E-state index in [1.54, 1.807) is 7.05 Å². The number of rotatable bonds is 5. The van der Waals surface area contributed by atoms with Gasteiger partial charge in [-0.25, -0.2) is 13.1 Å². The van der Waals surface area contributed by atoms with Crippen molar-refractivity contribution in [3.8, 4) is 0 Å². The van der Waals surface area contributed by atoms with Crippen molar-refractivity contribution in [1.82, 2.24) is 19.8 Å². The van der Waals surface area contributed by atoms with E-state index in [1.165, 1.54) is 23.5 Å². The van der Waals surface area contributed by atoms with Crippen molar-refractivity contribution in [2.75, 3.05) is 6.54 Å². The molecule has 7 nitrogen and oxygen atoms in total. The SMILES string of the molecule is Cn1cc(S(=O)(=O)NCC(=O)NC2CCCCC2)cn1. The molecule has 20 heavy (non-hydrogen) atoms. The zero-order valence-electron chi connectivity index (χ0n) is 11.5. The molecular formula is C12H20N4O3S. The van der Waals surface area contributed by atoms with Crippen LogP contribution in [-0.4, -0.2) is 36.7 Å². The Bertz CT molecular complexity index is 561. The monoisotopic (exact) mass is 300 g/mol. The minimum absolute atomic E-state index is 0.0606. The fourth-order valence-electron chi connectivity index (χ4n) is 2.31. The Kier molecular flexibility index (Phi) is 4.77. The van der Waals surface area contributed by atoms with E-state index in [0.29, 0.717) is 0 Å². The largest absolute Gasteiger partial charge is 0.352 e. The smallest absolute Gasteiger partial charge is 0.244 e. The second-order valence-electron chi connectivity index (χ2n) is 5.08. The van der Waals surface area contributed by atoms with E-state index in [-0.39, 0.29) is 23.4 Å². The lowest BCUT2D eigenvalue weighted by Gasteiger charge is -2.22. The van der Waals surface area contributed by atoms with Crippen LogP contribution in [0, 0.1) is 0 Å². The molecule has 0 atom stereocenters. The van der Waals surface area contributed by atoms with Gasteiger partial charge in [0.1, 0.15) is 4.90 Å². The minimum Gasteiger partial charge on any atom is -0.352 e. The zero-order chi connectivity index (χ0) is 14.6. The van der Waals surface area contributed by atoms with E-state index in [9.17, 15) is 13.2 Å². The number of hydrogen-bond acceptors (Lipinski definition) is 4. The number of aromatic nitrogens is 2. The molecule has 1 aliphatic carbocycles. The maximum Gasteiger partial charge on any atom is 0.244 e. The van der Waals surface area contributed by atoms with Gasteiger partial charge >= 0.3 is 0 Å². The van der Waals surface area contributed by atoms with Crippen molar-refractivity contribution in [2.45, 2.75) is 43.0 Å². The lowest BCUT2D eigenvalue weighted by molar-refractivity contribution is -0.120. The summed E-state index contributed by atoms with van der Waals surface area (Å²) in [4.78, 5) is 11.8. The predicted molar refractivity (Wildman–Crippen MR) is 73.4 cm³/mol. The Balaban J connectivity index is 1.83. The van der Waals surface area contributed by atoms with E-state index in [1.807, 2.05) is 0 Å². The molecule has 0 saturated heterocycles. The van der Waals surface area contributed by atoms with Crippen molar-refractivity contribution in [2.24, 2.45) is 7.05 Å². The molecule has 0 bridgehead atoms. The highest BCUT2D eigenvalue weighted by molar-refractivity contribution is 7.89. The first-order chi connectivity index (χ1) is 9.47. The average Bonchev–Trinajstić information content (AvgIpc) is 2.85. The highest BCUT2D eigenvalue weighted by atomic mass is 32.2. The van der Waals surface area contributed by atoms with Gasteiger partial charge in [-0.3, -0.25) is 9.48 Å². The summed E-state index contributed by atoms with van der Waals surface area (Å²) in [6.07, 6.45) is 8.03. The van der Waals surface area contributed by atoms with Crippen LogP contribution in [-0.2, 0) is 21.9 Å². The van der Waals surface area contributed by atoms with Crippen molar-refractivity contribution in [3.63, 3.8) is 0 Å². The van der Waals surface area contributed by atoms with Gasteiger partial charge in [0.05, 0.1) is 12.7 Å². The van der Waals surface area contributed by atoms with Gasteiger partial charge in [-0.05, 0) is 12.8 Å². The van der Waals surface area contributed by atoms with E-state index < -0.39 is 10.0 Å². The van der Waals surface area contributed by atoms with Gasteiger partial charge < -0.3 is 5.32 Å². The zero-order valence-corrected chi connectivity index (χ0v) is 12.3. The van der Waals surface area contributed by atoms with Gasteiger partial charge in [-0.2, -0.15) is 5.10 Å². The molecule has 0 aromatic carbocycles. The first-order valence-electron chi connectivity index (χ1n) is 6.75. The van der Waals surface area contributed by atoms with Gasteiger partial charge in [0, 0.05) is 19.3 Å². The van der Waals surface area contributed by atoms with Crippen LogP contribution in [0.2, 0.25) is 0 Å². The average molecular weight is 300 g/mol. The van der Waals surface area contributed by atoms with E-state index >= 15 is 0 Å². The summed E-state index contributed by atoms with van der Waals surface area (Å²) in [5.41, 5.74) is 0. The summed E-state index contributed by atoms with van der Waals surface area (Å²) >= 11 is 0. The van der Waals surface area contributed by atoms with Crippen LogP contribution in [0.15, 0.2) is 17.3 Å². The van der Waals surface area contributed by atoms with Crippen LogP contribution in [0.5, 0.6) is 0 Å². The normalized spacial score (nSPS) is 17.1. The van der Waals surface area contributed by atoms with Gasteiger partial charge in [0.2, 0.25) is 15.9 Å². The third kappa shape index (κ3) is 4.04. The van der Waals surface area contributed by atoms with Gasteiger partial charge in [-0.15, -0.1) is 0 Å². The summed E-state index contributed by atoms with van der Waals surface area (Å²) in [6.45, 7) is -0.242. The second kappa shape index (κ2) is 6.36. The number of carbonyl (C=O) groups excluding carboxylic acids is 1. The maximum atomic E-state index is 11.9. The Morgan fingerprint density at radius 3 is 2.70 bits per heavy atom. The third-order valence-electron chi connectivity index (χ3n) is 3.38. The molecule has 1 amide bonds. The van der Waals surface area contributed by atoms with Crippen LogP contribution in [0.1, 0.15) is 32.1 Å². The molecule has 112 valence electrons. The minimum atomic E-state index is -3.67. The van der Waals surface area contributed by atoms with Crippen LogP contribution >= 0.6 is 0 Å². The molecule has 2 rings (SSSR count). The highest BCUT2D eigenvalue weighted by Gasteiger charge is 2.19. The van der Waals surface area contributed by atoms with Gasteiger partial charge in [0.25, 0.3) is 0 Å². The molecule has 0 spiro atoms. The van der Waals surface area contributed by atoms with Crippen molar-refractivity contribution in [3.05, 3.63) is 12.4 Å². The van der Waals surface area contributed by atoms with Crippen molar-refractivity contribution < 1.29 is 13.2 Å². The maximum absolute atomic E-state index is 11.9. The standard InChI is InChI=1S/C12H20N4O3S/c1-16-9-11(7-13-16)20(18,19)14-8-12(17)15-10-5-3-2-4-6-10/h7,9-10,14H,2-6,8H2,1H3,(H,15,17). The Morgan fingerprint density at radius 1 is 1.40 bits per heavy atom. The molecule has 0 aliphatic heterocycles. The van der Waals surface area contributed by atoms with E-state index in [4.69, 9.17) is 0 Å². The van der Waals surface area contributed by atoms with Gasteiger partial charge in [0.15, 0.2) is 0 Å². The summed E-state index contributed by atoms with van der Waals surface area (Å²) < 4.78 is 27.5. The van der Waals surface area contributed by atoms with Crippen LogP contribution < -0.4 is 10.0 Å². The number of carbonyl (C=O) groups is 1. The summed E-state index contributed by atoms with van der Waals surface area (Å²) in [7, 11) is -2.04. The lowest BCUT2D eigenvalue weighted by atomic mass is 9.95. The van der Waals surface area contributed by atoms with Crippen LogP contribution in [0.4, 0.5) is 0 Å². The summed E-state index contributed by atoms with van der Waals surface area (Å²) in [6, 6.07) is 0.180. The molecule has 2 N–H and O–H groups in total. The van der Waals surface area contributed by atoms with Crippen molar-refractivity contribution in [1.29, 1.82) is 0 Å². The number of hydrogen-bond donors (Lipinski definition) is 2. The van der Waals surface area contributed by atoms with Gasteiger partial charge in [-0.1, -0.05) is 19.3 Å². The Labute approximate surface area is 118 Å². The first kappa shape index (κ1) is 15.0. The van der Waals surface area contributed by atoms with Crippen LogP contribution in [0.3, 0.4) is 0 Å². The van der Waals surface area contributed by atoms with E-state index in [0.717, 1.165) is 25.7 Å². The molecule has 0 radical (unpaired) electrons. The lowest BCUT2D eigenvalue weighted by Crippen LogP contribution is -2.42. The van der Waals surface area contributed by atoms with E-state index in [2.05, 4.69) is 15.1 Å².